The molecule has 1 aromatic heterocycles. The predicted octanol–water partition coefficient (Wildman–Crippen LogP) is 2.52. The summed E-state index contributed by atoms with van der Waals surface area (Å²) in [5, 5.41) is 2.79. The first kappa shape index (κ1) is 11.6. The third-order valence-corrected chi connectivity index (χ3v) is 1.99. The standard InChI is InChI=1S/C12H17NO2/c1-3-4-9-13-12(14)8-7-11-6-5-10(2)15-11/h5-8H,3-4,9H2,1-2H3,(H,13,14)/b8-7+. The summed E-state index contributed by atoms with van der Waals surface area (Å²) in [5.74, 6) is 1.48. The third-order valence-electron chi connectivity index (χ3n) is 1.99. The van der Waals surface area contributed by atoms with Gasteiger partial charge in [-0.2, -0.15) is 0 Å². The molecule has 1 heterocycles. The van der Waals surface area contributed by atoms with Gasteiger partial charge in [0.05, 0.1) is 0 Å². The van der Waals surface area contributed by atoms with E-state index < -0.39 is 0 Å². The first-order chi connectivity index (χ1) is 7.22. The fourth-order valence-electron chi connectivity index (χ4n) is 1.15. The third kappa shape index (κ3) is 4.49. The summed E-state index contributed by atoms with van der Waals surface area (Å²) >= 11 is 0. The largest absolute Gasteiger partial charge is 0.462 e. The highest BCUT2D eigenvalue weighted by atomic mass is 16.3. The van der Waals surface area contributed by atoms with E-state index in [2.05, 4.69) is 12.2 Å². The molecule has 0 fully saturated rings. The monoisotopic (exact) mass is 207 g/mol. The van der Waals surface area contributed by atoms with Crippen LogP contribution in [0.3, 0.4) is 0 Å². The van der Waals surface area contributed by atoms with E-state index in [0.717, 1.165) is 25.1 Å². The average Bonchev–Trinajstić information content (AvgIpc) is 2.62. The van der Waals surface area contributed by atoms with Gasteiger partial charge in [0.25, 0.3) is 0 Å². The highest BCUT2D eigenvalue weighted by Gasteiger charge is 1.96. The fraction of sp³-hybridized carbons (Fsp3) is 0.417. The topological polar surface area (TPSA) is 42.2 Å². The molecule has 0 saturated carbocycles. The van der Waals surface area contributed by atoms with Gasteiger partial charge in [-0.1, -0.05) is 13.3 Å². The summed E-state index contributed by atoms with van der Waals surface area (Å²) in [6.45, 7) is 4.70. The van der Waals surface area contributed by atoms with Crippen LogP contribution in [-0.2, 0) is 4.79 Å². The van der Waals surface area contributed by atoms with E-state index in [-0.39, 0.29) is 5.91 Å². The number of nitrogens with one attached hydrogen (secondary N) is 1. The molecule has 0 atom stereocenters. The molecule has 0 aromatic carbocycles. The van der Waals surface area contributed by atoms with Crippen molar-refractivity contribution in [1.29, 1.82) is 0 Å². The molecule has 0 aliphatic heterocycles. The predicted molar refractivity (Wildman–Crippen MR) is 60.4 cm³/mol. The minimum Gasteiger partial charge on any atom is -0.462 e. The van der Waals surface area contributed by atoms with E-state index >= 15 is 0 Å². The molecule has 0 saturated heterocycles. The molecule has 1 rings (SSSR count). The van der Waals surface area contributed by atoms with Crippen molar-refractivity contribution in [2.24, 2.45) is 0 Å². The van der Waals surface area contributed by atoms with Crippen LogP contribution >= 0.6 is 0 Å². The van der Waals surface area contributed by atoms with Crippen molar-refractivity contribution in [3.63, 3.8) is 0 Å². The lowest BCUT2D eigenvalue weighted by atomic mass is 10.3. The summed E-state index contributed by atoms with van der Waals surface area (Å²) in [5.41, 5.74) is 0. The SMILES string of the molecule is CCCCNC(=O)/C=C/c1ccc(C)o1. The highest BCUT2D eigenvalue weighted by Crippen LogP contribution is 2.07. The first-order valence-corrected chi connectivity index (χ1v) is 5.24. The fourth-order valence-corrected chi connectivity index (χ4v) is 1.15. The number of aryl methyl sites for hydroxylation is 1. The van der Waals surface area contributed by atoms with Crippen LogP contribution in [0, 0.1) is 6.92 Å². The molecular formula is C12H17NO2. The minimum atomic E-state index is -0.0718. The number of hydrogen-bond acceptors (Lipinski definition) is 2. The van der Waals surface area contributed by atoms with Gasteiger partial charge in [-0.05, 0) is 31.6 Å². The van der Waals surface area contributed by atoms with Gasteiger partial charge in [-0.25, -0.2) is 0 Å². The van der Waals surface area contributed by atoms with Gasteiger partial charge >= 0.3 is 0 Å². The minimum absolute atomic E-state index is 0.0718. The Kier molecular flexibility index (Phi) is 4.68. The number of carbonyl (C=O) groups is 1. The van der Waals surface area contributed by atoms with Crippen LogP contribution in [0.2, 0.25) is 0 Å². The van der Waals surface area contributed by atoms with E-state index in [0.29, 0.717) is 5.76 Å². The zero-order valence-corrected chi connectivity index (χ0v) is 9.25. The first-order valence-electron chi connectivity index (χ1n) is 5.24. The second kappa shape index (κ2) is 6.06. The average molecular weight is 207 g/mol. The molecule has 1 aromatic rings. The second-order valence-electron chi connectivity index (χ2n) is 3.43. The maximum absolute atomic E-state index is 11.3. The van der Waals surface area contributed by atoms with E-state index in [4.69, 9.17) is 4.42 Å². The normalized spacial score (nSPS) is 10.8. The molecule has 0 radical (unpaired) electrons. The van der Waals surface area contributed by atoms with Gasteiger partial charge < -0.3 is 9.73 Å². The number of rotatable bonds is 5. The van der Waals surface area contributed by atoms with Gasteiger partial charge in [0.1, 0.15) is 11.5 Å². The molecule has 3 heteroatoms. The van der Waals surface area contributed by atoms with Crippen molar-refractivity contribution in [1.82, 2.24) is 5.32 Å². The smallest absolute Gasteiger partial charge is 0.244 e. The van der Waals surface area contributed by atoms with Gasteiger partial charge in [-0.3, -0.25) is 4.79 Å². The molecule has 0 unspecified atom stereocenters. The Balaban J connectivity index is 2.34. The summed E-state index contributed by atoms with van der Waals surface area (Å²) in [6, 6.07) is 3.71. The van der Waals surface area contributed by atoms with Gasteiger partial charge in [0.15, 0.2) is 0 Å². The summed E-state index contributed by atoms with van der Waals surface area (Å²) in [6.07, 6.45) is 5.27. The summed E-state index contributed by atoms with van der Waals surface area (Å²) in [7, 11) is 0. The van der Waals surface area contributed by atoms with Gasteiger partial charge in [0, 0.05) is 12.6 Å². The van der Waals surface area contributed by atoms with Gasteiger partial charge in [-0.15, -0.1) is 0 Å². The summed E-state index contributed by atoms with van der Waals surface area (Å²) in [4.78, 5) is 11.3. The van der Waals surface area contributed by atoms with Crippen LogP contribution in [0.4, 0.5) is 0 Å². The van der Waals surface area contributed by atoms with Crippen molar-refractivity contribution in [3.8, 4) is 0 Å². The molecule has 1 N–H and O–H groups in total. The molecule has 0 aliphatic carbocycles. The number of unbranched alkanes of at least 4 members (excludes halogenated alkanes) is 1. The Morgan fingerprint density at radius 2 is 2.33 bits per heavy atom. The zero-order valence-electron chi connectivity index (χ0n) is 9.25. The molecule has 0 aliphatic rings. The maximum Gasteiger partial charge on any atom is 0.244 e. The van der Waals surface area contributed by atoms with Crippen LogP contribution in [0.1, 0.15) is 31.3 Å². The zero-order chi connectivity index (χ0) is 11.1. The molecule has 3 nitrogen and oxygen atoms in total. The molecule has 1 amide bonds. The highest BCUT2D eigenvalue weighted by molar-refractivity contribution is 5.91. The van der Waals surface area contributed by atoms with E-state index in [1.807, 2.05) is 19.1 Å². The molecular weight excluding hydrogens is 190 g/mol. The van der Waals surface area contributed by atoms with Crippen molar-refractivity contribution in [2.75, 3.05) is 6.54 Å². The van der Waals surface area contributed by atoms with Gasteiger partial charge in [0.2, 0.25) is 5.91 Å². The molecule has 0 bridgehead atoms. The van der Waals surface area contributed by atoms with E-state index in [1.54, 1.807) is 6.08 Å². The van der Waals surface area contributed by atoms with Crippen molar-refractivity contribution >= 4 is 12.0 Å². The lowest BCUT2D eigenvalue weighted by Crippen LogP contribution is -2.21. The Morgan fingerprint density at radius 1 is 1.53 bits per heavy atom. The Bertz CT molecular complexity index is 339. The van der Waals surface area contributed by atoms with Crippen LogP contribution in [0.25, 0.3) is 6.08 Å². The molecule has 15 heavy (non-hydrogen) atoms. The Morgan fingerprint density at radius 3 is 2.93 bits per heavy atom. The van der Waals surface area contributed by atoms with Crippen LogP contribution in [0.15, 0.2) is 22.6 Å². The number of hydrogen-bond donors (Lipinski definition) is 1. The molecule has 0 spiro atoms. The number of carbonyl (C=O) groups excluding carboxylic acids is 1. The van der Waals surface area contributed by atoms with Crippen LogP contribution < -0.4 is 5.32 Å². The summed E-state index contributed by atoms with van der Waals surface area (Å²) < 4.78 is 5.29. The lowest BCUT2D eigenvalue weighted by molar-refractivity contribution is -0.116. The van der Waals surface area contributed by atoms with Crippen molar-refractivity contribution in [3.05, 3.63) is 29.7 Å². The quantitative estimate of drug-likeness (QED) is 0.595. The van der Waals surface area contributed by atoms with Crippen molar-refractivity contribution < 1.29 is 9.21 Å². The van der Waals surface area contributed by atoms with E-state index in [1.165, 1.54) is 6.08 Å². The number of furan rings is 1. The van der Waals surface area contributed by atoms with Crippen LogP contribution in [-0.4, -0.2) is 12.5 Å². The number of amides is 1. The maximum atomic E-state index is 11.3. The Hall–Kier alpha value is -1.51. The van der Waals surface area contributed by atoms with Crippen molar-refractivity contribution in [2.45, 2.75) is 26.7 Å². The molecule has 82 valence electrons. The Labute approximate surface area is 90.2 Å². The van der Waals surface area contributed by atoms with Crippen LogP contribution in [0.5, 0.6) is 0 Å². The lowest BCUT2D eigenvalue weighted by Gasteiger charge is -1.98. The van der Waals surface area contributed by atoms with E-state index in [9.17, 15) is 4.79 Å². The second-order valence-corrected chi connectivity index (χ2v) is 3.43.